The molecule has 100 valence electrons. The van der Waals surface area contributed by atoms with Gasteiger partial charge in [-0.1, -0.05) is 0 Å². The van der Waals surface area contributed by atoms with Gasteiger partial charge in [0.15, 0.2) is 0 Å². The molecule has 5 nitrogen and oxygen atoms in total. The van der Waals surface area contributed by atoms with Gasteiger partial charge in [0.1, 0.15) is 5.41 Å². The first-order valence-corrected chi connectivity index (χ1v) is 5.91. The smallest absolute Gasteiger partial charge is 0.318 e. The Morgan fingerprint density at radius 2 is 1.88 bits per heavy atom. The zero-order valence-electron chi connectivity index (χ0n) is 11.1. The summed E-state index contributed by atoms with van der Waals surface area (Å²) in [6.07, 6.45) is 1.86. The van der Waals surface area contributed by atoms with Crippen LogP contribution in [0.2, 0.25) is 0 Å². The fraction of sp³-hybridized carbons (Fsp3) is 0.833. The van der Waals surface area contributed by atoms with Gasteiger partial charge in [0, 0.05) is 13.2 Å². The Labute approximate surface area is 103 Å². The third-order valence-electron chi connectivity index (χ3n) is 2.41. The van der Waals surface area contributed by atoms with Crippen LogP contribution in [0.15, 0.2) is 0 Å². The third-order valence-corrected chi connectivity index (χ3v) is 2.41. The van der Waals surface area contributed by atoms with E-state index in [1.54, 1.807) is 0 Å². The molecule has 0 fully saturated rings. The molecule has 2 N–H and O–H groups in total. The molecule has 0 radical (unpaired) electrons. The zero-order chi connectivity index (χ0) is 13.5. The highest BCUT2D eigenvalue weighted by molar-refractivity contribution is 6.00. The molecule has 17 heavy (non-hydrogen) atoms. The van der Waals surface area contributed by atoms with Crippen LogP contribution in [0.5, 0.6) is 0 Å². The summed E-state index contributed by atoms with van der Waals surface area (Å²) in [5.74, 6) is -1.56. The molecule has 0 heterocycles. The van der Waals surface area contributed by atoms with Crippen LogP contribution in [0, 0.1) is 5.41 Å². The lowest BCUT2D eigenvalue weighted by Gasteiger charge is -2.18. The van der Waals surface area contributed by atoms with Gasteiger partial charge in [-0.05, 0) is 40.5 Å². The van der Waals surface area contributed by atoms with Crippen molar-refractivity contribution in [2.24, 2.45) is 5.41 Å². The number of carbonyl (C=O) groups is 2. The van der Waals surface area contributed by atoms with Crippen molar-refractivity contribution in [1.82, 2.24) is 5.32 Å². The number of ether oxygens (including phenoxy) is 1. The van der Waals surface area contributed by atoms with E-state index in [0.29, 0.717) is 13.2 Å². The number of hydrogen-bond donors (Lipinski definition) is 2. The number of hydrogen-bond acceptors (Lipinski definition) is 3. The van der Waals surface area contributed by atoms with E-state index in [0.717, 1.165) is 12.8 Å². The second-order valence-electron chi connectivity index (χ2n) is 4.81. The number of carboxylic acid groups (broad SMARTS) is 1. The molecule has 1 amide bonds. The van der Waals surface area contributed by atoms with E-state index in [-0.39, 0.29) is 6.10 Å². The molecule has 0 aromatic rings. The van der Waals surface area contributed by atoms with Crippen molar-refractivity contribution in [1.29, 1.82) is 0 Å². The van der Waals surface area contributed by atoms with Crippen molar-refractivity contribution in [3.8, 4) is 0 Å². The Bertz CT molecular complexity index is 261. The average molecular weight is 245 g/mol. The minimum absolute atomic E-state index is 0.218. The van der Waals surface area contributed by atoms with Crippen molar-refractivity contribution in [2.75, 3.05) is 13.2 Å². The highest BCUT2D eigenvalue weighted by Crippen LogP contribution is 2.14. The van der Waals surface area contributed by atoms with Gasteiger partial charge in [0.2, 0.25) is 5.91 Å². The Balaban J connectivity index is 3.69. The Morgan fingerprint density at radius 1 is 1.29 bits per heavy atom. The topological polar surface area (TPSA) is 75.6 Å². The molecule has 0 saturated carbocycles. The highest BCUT2D eigenvalue weighted by Gasteiger charge is 2.35. The summed E-state index contributed by atoms with van der Waals surface area (Å²) in [6.45, 7) is 7.88. The lowest BCUT2D eigenvalue weighted by atomic mass is 9.93. The molecule has 0 atom stereocenters. The fourth-order valence-electron chi connectivity index (χ4n) is 1.07. The number of carboxylic acids is 1. The second-order valence-corrected chi connectivity index (χ2v) is 4.81. The number of carbonyl (C=O) groups excluding carboxylic acids is 1. The molecule has 0 aliphatic heterocycles. The van der Waals surface area contributed by atoms with E-state index < -0.39 is 17.3 Å². The number of nitrogens with one attached hydrogen (secondary N) is 1. The first kappa shape index (κ1) is 15.9. The predicted octanol–water partition coefficient (Wildman–Crippen LogP) is 1.42. The summed E-state index contributed by atoms with van der Waals surface area (Å²) >= 11 is 0. The van der Waals surface area contributed by atoms with Crippen molar-refractivity contribution < 1.29 is 19.4 Å². The van der Waals surface area contributed by atoms with Crippen LogP contribution < -0.4 is 5.32 Å². The monoisotopic (exact) mass is 245 g/mol. The molecule has 0 aliphatic carbocycles. The quantitative estimate of drug-likeness (QED) is 0.501. The minimum Gasteiger partial charge on any atom is -0.480 e. The van der Waals surface area contributed by atoms with Gasteiger partial charge in [-0.15, -0.1) is 0 Å². The zero-order valence-corrected chi connectivity index (χ0v) is 11.1. The van der Waals surface area contributed by atoms with E-state index in [1.165, 1.54) is 13.8 Å². The maximum Gasteiger partial charge on any atom is 0.318 e. The molecular weight excluding hydrogens is 222 g/mol. The van der Waals surface area contributed by atoms with E-state index in [4.69, 9.17) is 9.84 Å². The Kier molecular flexibility index (Phi) is 6.80. The summed E-state index contributed by atoms with van der Waals surface area (Å²) in [7, 11) is 0. The average Bonchev–Trinajstić information content (AvgIpc) is 2.21. The van der Waals surface area contributed by atoms with Gasteiger partial charge >= 0.3 is 5.97 Å². The van der Waals surface area contributed by atoms with E-state index in [2.05, 4.69) is 5.32 Å². The van der Waals surface area contributed by atoms with Crippen molar-refractivity contribution >= 4 is 11.9 Å². The summed E-state index contributed by atoms with van der Waals surface area (Å²) in [5, 5.41) is 11.4. The van der Waals surface area contributed by atoms with E-state index in [9.17, 15) is 9.59 Å². The third kappa shape index (κ3) is 6.26. The van der Waals surface area contributed by atoms with Crippen molar-refractivity contribution in [2.45, 2.75) is 46.6 Å². The van der Waals surface area contributed by atoms with Gasteiger partial charge in [0.25, 0.3) is 0 Å². The lowest BCUT2D eigenvalue weighted by Crippen LogP contribution is -2.42. The van der Waals surface area contributed by atoms with Crippen LogP contribution in [-0.2, 0) is 14.3 Å². The number of rotatable bonds is 8. The normalized spacial score (nSPS) is 11.6. The molecule has 0 aromatic carbocycles. The van der Waals surface area contributed by atoms with Crippen LogP contribution in [0.25, 0.3) is 0 Å². The first-order valence-electron chi connectivity index (χ1n) is 5.91. The fourth-order valence-corrected chi connectivity index (χ4v) is 1.07. The van der Waals surface area contributed by atoms with Gasteiger partial charge in [-0.3, -0.25) is 9.59 Å². The first-order chi connectivity index (χ1) is 7.78. The van der Waals surface area contributed by atoms with Crippen LogP contribution in [0.3, 0.4) is 0 Å². The maximum atomic E-state index is 11.5. The molecule has 0 aromatic heterocycles. The molecule has 0 spiro atoms. The Morgan fingerprint density at radius 3 is 2.35 bits per heavy atom. The molecular formula is C12H23NO4. The van der Waals surface area contributed by atoms with E-state index >= 15 is 0 Å². The van der Waals surface area contributed by atoms with Crippen LogP contribution in [0.1, 0.15) is 40.5 Å². The molecule has 5 heteroatoms. The summed E-state index contributed by atoms with van der Waals surface area (Å²) < 4.78 is 5.35. The van der Waals surface area contributed by atoms with Gasteiger partial charge < -0.3 is 15.2 Å². The summed E-state index contributed by atoms with van der Waals surface area (Å²) in [6, 6.07) is 0. The van der Waals surface area contributed by atoms with E-state index in [1.807, 2.05) is 13.8 Å². The van der Waals surface area contributed by atoms with Crippen LogP contribution in [-0.4, -0.2) is 36.2 Å². The minimum atomic E-state index is -1.37. The van der Waals surface area contributed by atoms with Crippen LogP contribution >= 0.6 is 0 Å². The second kappa shape index (κ2) is 7.27. The molecule has 0 unspecified atom stereocenters. The number of aliphatic carboxylic acids is 1. The largest absolute Gasteiger partial charge is 0.480 e. The summed E-state index contributed by atoms with van der Waals surface area (Å²) in [5.41, 5.74) is -1.37. The highest BCUT2D eigenvalue weighted by atomic mass is 16.5. The lowest BCUT2D eigenvalue weighted by molar-refractivity contribution is -0.153. The SMILES string of the molecule is CC(C)OCCCCNC(=O)C(C)(C)C(=O)O. The Hall–Kier alpha value is -1.10. The molecule has 0 aliphatic rings. The van der Waals surface area contributed by atoms with Gasteiger partial charge in [-0.25, -0.2) is 0 Å². The van der Waals surface area contributed by atoms with Crippen molar-refractivity contribution in [3.63, 3.8) is 0 Å². The van der Waals surface area contributed by atoms with Crippen molar-refractivity contribution in [3.05, 3.63) is 0 Å². The standard InChI is InChI=1S/C12H23NO4/c1-9(2)17-8-6-5-7-13-10(14)12(3,4)11(15)16/h9H,5-8H2,1-4H3,(H,13,14)(H,15,16). The van der Waals surface area contributed by atoms with Crippen LogP contribution in [0.4, 0.5) is 0 Å². The number of amides is 1. The maximum absolute atomic E-state index is 11.5. The predicted molar refractivity (Wildman–Crippen MR) is 64.7 cm³/mol. The number of unbranched alkanes of at least 4 members (excludes halogenated alkanes) is 1. The summed E-state index contributed by atoms with van der Waals surface area (Å²) in [4.78, 5) is 22.3. The van der Waals surface area contributed by atoms with Gasteiger partial charge in [-0.2, -0.15) is 0 Å². The molecule has 0 saturated heterocycles. The molecule has 0 bridgehead atoms. The molecule has 0 rings (SSSR count). The van der Waals surface area contributed by atoms with Gasteiger partial charge in [0.05, 0.1) is 6.10 Å².